The van der Waals surface area contributed by atoms with E-state index in [2.05, 4.69) is 20.4 Å². The Bertz CT molecular complexity index is 960. The van der Waals surface area contributed by atoms with Crippen molar-refractivity contribution in [3.8, 4) is 11.3 Å². The Labute approximate surface area is 144 Å². The van der Waals surface area contributed by atoms with Crippen LogP contribution in [0.5, 0.6) is 0 Å². The van der Waals surface area contributed by atoms with Crippen molar-refractivity contribution < 1.29 is 4.79 Å². The van der Waals surface area contributed by atoms with Gasteiger partial charge < -0.3 is 5.32 Å². The first kappa shape index (κ1) is 16.6. The Morgan fingerprint density at radius 2 is 2.16 bits per heavy atom. The average molecular weight is 338 g/mol. The summed E-state index contributed by atoms with van der Waals surface area (Å²) in [7, 11) is 1.83. The third kappa shape index (κ3) is 3.97. The number of nitrogens with zero attached hydrogens (tertiary/aromatic N) is 5. The van der Waals surface area contributed by atoms with Gasteiger partial charge in [0.15, 0.2) is 0 Å². The Morgan fingerprint density at radius 1 is 1.32 bits per heavy atom. The molecule has 0 bridgehead atoms. The zero-order valence-corrected chi connectivity index (χ0v) is 14.0. The molecule has 3 aromatic heterocycles. The van der Waals surface area contributed by atoms with E-state index in [0.717, 1.165) is 16.8 Å². The number of pyridine rings is 1. The first-order valence-electron chi connectivity index (χ1n) is 7.75. The highest BCUT2D eigenvalue weighted by Gasteiger charge is 2.10. The van der Waals surface area contributed by atoms with Gasteiger partial charge in [-0.1, -0.05) is 6.07 Å². The molecule has 0 spiro atoms. The number of carbonyl (C=O) groups is 1. The number of aromatic nitrogens is 5. The Balaban J connectivity index is 1.69. The molecule has 0 unspecified atom stereocenters. The molecular weight excluding hydrogens is 320 g/mol. The standard InChI is InChI=1S/C17H18N6O2/c1-12-6-16(25)23(11-20-12)10-15(24)19-7-13-4-3-5-18-17(13)14-8-21-22(2)9-14/h3-6,8-9,11H,7,10H2,1-2H3,(H,19,24). The fourth-order valence-corrected chi connectivity index (χ4v) is 2.42. The van der Waals surface area contributed by atoms with E-state index in [-0.39, 0.29) is 18.0 Å². The van der Waals surface area contributed by atoms with Gasteiger partial charge in [0.1, 0.15) is 6.54 Å². The number of hydrogen-bond acceptors (Lipinski definition) is 5. The van der Waals surface area contributed by atoms with Gasteiger partial charge in [-0.3, -0.25) is 23.8 Å². The highest BCUT2D eigenvalue weighted by atomic mass is 16.2. The molecule has 1 N–H and O–H groups in total. The van der Waals surface area contributed by atoms with Crippen molar-refractivity contribution in [2.45, 2.75) is 20.0 Å². The monoisotopic (exact) mass is 338 g/mol. The summed E-state index contributed by atoms with van der Waals surface area (Å²) in [6, 6.07) is 5.11. The van der Waals surface area contributed by atoms with Crippen LogP contribution in [0, 0.1) is 6.92 Å². The average Bonchev–Trinajstić information content (AvgIpc) is 3.02. The molecule has 8 heteroatoms. The Morgan fingerprint density at radius 3 is 2.88 bits per heavy atom. The van der Waals surface area contributed by atoms with Crippen LogP contribution in [0.25, 0.3) is 11.3 Å². The van der Waals surface area contributed by atoms with Crippen molar-refractivity contribution in [1.82, 2.24) is 29.6 Å². The van der Waals surface area contributed by atoms with Crippen molar-refractivity contribution in [1.29, 1.82) is 0 Å². The third-order valence-corrected chi connectivity index (χ3v) is 3.68. The first-order chi connectivity index (χ1) is 12.0. The lowest BCUT2D eigenvalue weighted by Gasteiger charge is -2.09. The van der Waals surface area contributed by atoms with Gasteiger partial charge in [0.25, 0.3) is 5.56 Å². The summed E-state index contributed by atoms with van der Waals surface area (Å²) >= 11 is 0. The summed E-state index contributed by atoms with van der Waals surface area (Å²) in [5.74, 6) is -0.270. The van der Waals surface area contributed by atoms with E-state index < -0.39 is 0 Å². The SMILES string of the molecule is Cc1cc(=O)n(CC(=O)NCc2cccnc2-c2cnn(C)c2)cn1. The van der Waals surface area contributed by atoms with Gasteiger partial charge in [0.2, 0.25) is 5.91 Å². The summed E-state index contributed by atoms with van der Waals surface area (Å²) in [4.78, 5) is 32.4. The minimum Gasteiger partial charge on any atom is -0.350 e. The molecule has 0 aliphatic rings. The fraction of sp³-hybridized carbons (Fsp3) is 0.235. The Hall–Kier alpha value is -3.29. The molecular formula is C17H18N6O2. The van der Waals surface area contributed by atoms with Crippen LogP contribution in [0.2, 0.25) is 0 Å². The van der Waals surface area contributed by atoms with E-state index >= 15 is 0 Å². The molecule has 0 radical (unpaired) electrons. The van der Waals surface area contributed by atoms with Gasteiger partial charge in [-0.15, -0.1) is 0 Å². The summed E-state index contributed by atoms with van der Waals surface area (Å²) in [5, 5.41) is 6.96. The Kier molecular flexibility index (Phi) is 4.69. The lowest BCUT2D eigenvalue weighted by atomic mass is 10.1. The number of nitrogens with one attached hydrogen (secondary N) is 1. The van der Waals surface area contributed by atoms with Gasteiger partial charge in [-0.2, -0.15) is 5.10 Å². The molecule has 1 amide bonds. The van der Waals surface area contributed by atoms with Gasteiger partial charge in [0, 0.05) is 43.3 Å². The van der Waals surface area contributed by atoms with Crippen LogP contribution in [0.4, 0.5) is 0 Å². The summed E-state index contributed by atoms with van der Waals surface area (Å²) in [5.41, 5.74) is 2.90. The quantitative estimate of drug-likeness (QED) is 0.737. The maximum absolute atomic E-state index is 12.1. The smallest absolute Gasteiger partial charge is 0.253 e. The van der Waals surface area contributed by atoms with Crippen LogP contribution in [-0.4, -0.2) is 30.2 Å². The number of carbonyl (C=O) groups excluding carboxylic acids is 1. The maximum atomic E-state index is 12.1. The van der Waals surface area contributed by atoms with Crippen molar-refractivity contribution in [3.05, 3.63) is 64.7 Å². The molecule has 0 aliphatic heterocycles. The molecule has 3 rings (SSSR count). The van der Waals surface area contributed by atoms with E-state index in [1.54, 1.807) is 24.0 Å². The zero-order valence-electron chi connectivity index (χ0n) is 14.0. The second kappa shape index (κ2) is 7.08. The normalized spacial score (nSPS) is 10.6. The summed E-state index contributed by atoms with van der Waals surface area (Å²) in [6.45, 7) is 1.97. The van der Waals surface area contributed by atoms with Gasteiger partial charge in [-0.05, 0) is 18.6 Å². The van der Waals surface area contributed by atoms with E-state index in [0.29, 0.717) is 12.2 Å². The number of amides is 1. The van der Waals surface area contributed by atoms with Gasteiger partial charge >= 0.3 is 0 Å². The summed E-state index contributed by atoms with van der Waals surface area (Å²) < 4.78 is 2.97. The van der Waals surface area contributed by atoms with Crippen molar-refractivity contribution >= 4 is 5.91 Å². The largest absolute Gasteiger partial charge is 0.350 e. The van der Waals surface area contributed by atoms with Crippen LogP contribution in [0.1, 0.15) is 11.3 Å². The van der Waals surface area contributed by atoms with E-state index in [1.165, 1.54) is 17.0 Å². The lowest BCUT2D eigenvalue weighted by Crippen LogP contribution is -2.32. The van der Waals surface area contributed by atoms with Gasteiger partial charge in [0.05, 0.1) is 18.2 Å². The van der Waals surface area contributed by atoms with Crippen LogP contribution in [0.3, 0.4) is 0 Å². The van der Waals surface area contributed by atoms with E-state index in [4.69, 9.17) is 0 Å². The molecule has 0 aliphatic carbocycles. The molecule has 25 heavy (non-hydrogen) atoms. The van der Waals surface area contributed by atoms with E-state index in [1.807, 2.05) is 25.4 Å². The maximum Gasteiger partial charge on any atom is 0.253 e. The third-order valence-electron chi connectivity index (χ3n) is 3.68. The molecule has 0 fully saturated rings. The zero-order chi connectivity index (χ0) is 17.8. The highest BCUT2D eigenvalue weighted by Crippen LogP contribution is 2.20. The van der Waals surface area contributed by atoms with Crippen LogP contribution in [-0.2, 0) is 24.9 Å². The van der Waals surface area contributed by atoms with E-state index in [9.17, 15) is 9.59 Å². The van der Waals surface area contributed by atoms with Crippen LogP contribution < -0.4 is 10.9 Å². The topological polar surface area (TPSA) is 94.7 Å². The van der Waals surface area contributed by atoms with Crippen LogP contribution in [0.15, 0.2) is 47.9 Å². The second-order valence-electron chi connectivity index (χ2n) is 5.69. The van der Waals surface area contributed by atoms with Crippen molar-refractivity contribution in [2.75, 3.05) is 0 Å². The van der Waals surface area contributed by atoms with Gasteiger partial charge in [-0.25, -0.2) is 4.98 Å². The lowest BCUT2D eigenvalue weighted by molar-refractivity contribution is -0.121. The second-order valence-corrected chi connectivity index (χ2v) is 5.69. The molecule has 0 saturated carbocycles. The van der Waals surface area contributed by atoms with Crippen LogP contribution >= 0.6 is 0 Å². The molecule has 128 valence electrons. The number of hydrogen-bond donors (Lipinski definition) is 1. The highest BCUT2D eigenvalue weighted by molar-refractivity contribution is 5.76. The predicted octanol–water partition coefficient (Wildman–Crippen LogP) is 0.664. The predicted molar refractivity (Wildman–Crippen MR) is 91.5 cm³/mol. The van der Waals surface area contributed by atoms with Crippen molar-refractivity contribution in [2.24, 2.45) is 7.05 Å². The molecule has 3 heterocycles. The molecule has 0 atom stereocenters. The fourth-order valence-electron chi connectivity index (χ4n) is 2.42. The minimum atomic E-state index is -0.270. The minimum absolute atomic E-state index is 0.0748. The number of rotatable bonds is 5. The molecule has 0 saturated heterocycles. The summed E-state index contributed by atoms with van der Waals surface area (Å²) in [6.07, 6.45) is 6.67. The molecule has 3 aromatic rings. The molecule has 0 aromatic carbocycles. The van der Waals surface area contributed by atoms with Crippen molar-refractivity contribution in [3.63, 3.8) is 0 Å². The first-order valence-corrected chi connectivity index (χ1v) is 7.75. The molecule has 8 nitrogen and oxygen atoms in total. The number of aryl methyl sites for hydroxylation is 2.